The van der Waals surface area contributed by atoms with E-state index in [1.165, 1.54) is 165 Å². The summed E-state index contributed by atoms with van der Waals surface area (Å²) in [4.78, 5) is 0. The zero-order chi connectivity index (χ0) is 32.4. The smallest absolute Gasteiger partial charge is 0.0768 e. The van der Waals surface area contributed by atoms with Crippen LogP contribution in [0, 0.1) is 0 Å². The van der Waals surface area contributed by atoms with E-state index in [-0.39, 0.29) is 0 Å². The molecule has 2 atom stereocenters. The molecule has 0 radical (unpaired) electrons. The molecule has 2 unspecified atom stereocenters. The predicted octanol–water partition coefficient (Wildman–Crippen LogP) is 13.4. The van der Waals surface area contributed by atoms with Gasteiger partial charge < -0.3 is 10.2 Å². The van der Waals surface area contributed by atoms with Crippen molar-refractivity contribution in [3.05, 3.63) is 33.4 Å². The van der Waals surface area contributed by atoms with Crippen molar-refractivity contribution >= 4 is 0 Å². The molecule has 0 aliphatic rings. The van der Waals surface area contributed by atoms with Crippen LogP contribution in [0.5, 0.6) is 0 Å². The average molecular weight is 615 g/mol. The predicted molar refractivity (Wildman–Crippen MR) is 196 cm³/mol. The van der Waals surface area contributed by atoms with Crippen LogP contribution < -0.4 is 0 Å². The summed E-state index contributed by atoms with van der Waals surface area (Å²) in [6, 6.07) is 0. The van der Waals surface area contributed by atoms with Crippen LogP contribution in [0.25, 0.3) is 0 Å². The molecule has 0 bridgehead atoms. The van der Waals surface area contributed by atoms with Crippen molar-refractivity contribution in [2.75, 3.05) is 0 Å². The van der Waals surface area contributed by atoms with Gasteiger partial charge in [0.05, 0.1) is 12.2 Å². The molecule has 0 heterocycles. The molecule has 1 aromatic carbocycles. The van der Waals surface area contributed by atoms with Gasteiger partial charge in [-0.3, -0.25) is 0 Å². The van der Waals surface area contributed by atoms with Crippen LogP contribution in [0.1, 0.15) is 241 Å². The Kier molecular flexibility index (Phi) is 25.5. The van der Waals surface area contributed by atoms with Crippen molar-refractivity contribution in [2.45, 2.75) is 234 Å². The number of unbranched alkanes of at least 4 members (excludes halogenated alkanes) is 20. The highest BCUT2D eigenvalue weighted by Crippen LogP contribution is 2.39. The third kappa shape index (κ3) is 16.6. The van der Waals surface area contributed by atoms with Crippen molar-refractivity contribution in [3.63, 3.8) is 0 Å². The van der Waals surface area contributed by atoms with Gasteiger partial charge in [-0.15, -0.1) is 0 Å². The molecule has 0 saturated carbocycles. The van der Waals surface area contributed by atoms with Crippen molar-refractivity contribution in [1.29, 1.82) is 0 Å². The summed E-state index contributed by atoms with van der Waals surface area (Å²) in [5, 5.41) is 22.7. The highest BCUT2D eigenvalue weighted by molar-refractivity contribution is 5.54. The molecular formula is C42H78O2. The van der Waals surface area contributed by atoms with E-state index < -0.39 is 12.2 Å². The Bertz CT molecular complexity index is 742. The van der Waals surface area contributed by atoms with Crippen molar-refractivity contribution < 1.29 is 10.2 Å². The quantitative estimate of drug-likeness (QED) is 0.0846. The number of aliphatic hydroxyl groups is 2. The number of hydrogen-bond donors (Lipinski definition) is 2. The maximum Gasteiger partial charge on any atom is 0.0768 e. The Morgan fingerprint density at radius 3 is 0.750 bits per heavy atom. The van der Waals surface area contributed by atoms with Gasteiger partial charge in [-0.05, 0) is 98.6 Å². The van der Waals surface area contributed by atoms with Gasteiger partial charge in [0.2, 0.25) is 0 Å². The van der Waals surface area contributed by atoms with E-state index in [0.717, 1.165) is 36.8 Å². The minimum Gasteiger partial charge on any atom is -0.389 e. The van der Waals surface area contributed by atoms with E-state index in [2.05, 4.69) is 27.7 Å². The van der Waals surface area contributed by atoms with Crippen molar-refractivity contribution in [3.8, 4) is 0 Å². The summed E-state index contributed by atoms with van der Waals surface area (Å²) in [6.45, 7) is 13.1. The van der Waals surface area contributed by atoms with Crippen LogP contribution in [-0.2, 0) is 25.7 Å². The Balaban J connectivity index is 3.52. The highest BCUT2D eigenvalue weighted by Gasteiger charge is 2.27. The molecule has 1 aromatic rings. The third-order valence-electron chi connectivity index (χ3n) is 9.99. The summed E-state index contributed by atoms with van der Waals surface area (Å²) in [7, 11) is 0. The number of aliphatic hydroxyl groups excluding tert-OH is 2. The second-order valence-corrected chi connectivity index (χ2v) is 14.2. The van der Waals surface area contributed by atoms with Gasteiger partial charge in [-0.25, -0.2) is 0 Å². The Morgan fingerprint density at radius 1 is 0.318 bits per heavy atom. The zero-order valence-electron chi connectivity index (χ0n) is 30.8. The van der Waals surface area contributed by atoms with Gasteiger partial charge in [0.15, 0.2) is 0 Å². The van der Waals surface area contributed by atoms with E-state index >= 15 is 0 Å². The topological polar surface area (TPSA) is 40.5 Å². The molecule has 258 valence electrons. The Morgan fingerprint density at radius 2 is 0.523 bits per heavy atom. The molecule has 44 heavy (non-hydrogen) atoms. The number of benzene rings is 1. The lowest BCUT2D eigenvalue weighted by Gasteiger charge is -2.30. The summed E-state index contributed by atoms with van der Waals surface area (Å²) in [5.41, 5.74) is 8.22. The molecule has 0 aromatic heterocycles. The second-order valence-electron chi connectivity index (χ2n) is 14.2. The molecule has 0 amide bonds. The Hall–Kier alpha value is -0.860. The van der Waals surface area contributed by atoms with Crippen LogP contribution in [0.3, 0.4) is 0 Å². The molecule has 2 N–H and O–H groups in total. The minimum absolute atomic E-state index is 0.538. The second kappa shape index (κ2) is 27.3. The largest absolute Gasteiger partial charge is 0.389 e. The fraction of sp³-hybridized carbons (Fsp3) is 0.857. The zero-order valence-corrected chi connectivity index (χ0v) is 30.8. The minimum atomic E-state index is -0.538. The van der Waals surface area contributed by atoms with Gasteiger partial charge in [0, 0.05) is 0 Å². The van der Waals surface area contributed by atoms with Crippen LogP contribution in [0.15, 0.2) is 0 Å². The van der Waals surface area contributed by atoms with Crippen LogP contribution in [0.4, 0.5) is 0 Å². The van der Waals surface area contributed by atoms with Crippen LogP contribution in [0.2, 0.25) is 0 Å². The van der Waals surface area contributed by atoms with E-state index in [4.69, 9.17) is 0 Å². The number of hydrogen-bond acceptors (Lipinski definition) is 2. The maximum absolute atomic E-state index is 11.4. The first kappa shape index (κ1) is 41.2. The fourth-order valence-corrected chi connectivity index (χ4v) is 7.47. The van der Waals surface area contributed by atoms with E-state index in [1.54, 1.807) is 11.1 Å². The SMILES string of the molecule is CCCCCCCCc1c(CCCCCCCC)c(CCCCCCCC)c(C(C)O)c(C(C)O)c1CCCCCCCC. The van der Waals surface area contributed by atoms with Crippen molar-refractivity contribution in [1.82, 2.24) is 0 Å². The van der Waals surface area contributed by atoms with E-state index in [1.807, 2.05) is 13.8 Å². The van der Waals surface area contributed by atoms with Crippen LogP contribution in [-0.4, -0.2) is 10.2 Å². The summed E-state index contributed by atoms with van der Waals surface area (Å²) in [5.74, 6) is 0. The summed E-state index contributed by atoms with van der Waals surface area (Å²) < 4.78 is 0. The molecule has 0 aliphatic carbocycles. The first-order valence-corrected chi connectivity index (χ1v) is 20.0. The monoisotopic (exact) mass is 615 g/mol. The molecular weight excluding hydrogens is 536 g/mol. The average Bonchev–Trinajstić information content (AvgIpc) is 3.00. The van der Waals surface area contributed by atoms with Crippen molar-refractivity contribution in [2.24, 2.45) is 0 Å². The normalized spacial score (nSPS) is 13.1. The molecule has 0 aliphatic heterocycles. The molecule has 2 heteroatoms. The lowest BCUT2D eigenvalue weighted by Crippen LogP contribution is -2.18. The summed E-state index contributed by atoms with van der Waals surface area (Å²) in [6.07, 6.45) is 34.6. The van der Waals surface area contributed by atoms with Gasteiger partial charge in [-0.1, -0.05) is 156 Å². The third-order valence-corrected chi connectivity index (χ3v) is 9.99. The Labute approximate surface area is 276 Å². The van der Waals surface area contributed by atoms with Gasteiger partial charge in [0.1, 0.15) is 0 Å². The highest BCUT2D eigenvalue weighted by atomic mass is 16.3. The van der Waals surface area contributed by atoms with Gasteiger partial charge in [-0.2, -0.15) is 0 Å². The van der Waals surface area contributed by atoms with Gasteiger partial charge in [0.25, 0.3) is 0 Å². The fourth-order valence-electron chi connectivity index (χ4n) is 7.47. The first-order valence-electron chi connectivity index (χ1n) is 20.0. The van der Waals surface area contributed by atoms with E-state index in [9.17, 15) is 10.2 Å². The maximum atomic E-state index is 11.4. The van der Waals surface area contributed by atoms with E-state index in [0.29, 0.717) is 0 Å². The molecule has 0 spiro atoms. The lowest BCUT2D eigenvalue weighted by atomic mass is 9.77. The molecule has 2 nitrogen and oxygen atoms in total. The first-order chi connectivity index (χ1) is 21.4. The molecule has 0 saturated heterocycles. The number of rotatable bonds is 30. The molecule has 0 fully saturated rings. The van der Waals surface area contributed by atoms with Gasteiger partial charge >= 0.3 is 0 Å². The molecule has 1 rings (SSSR count). The summed E-state index contributed by atoms with van der Waals surface area (Å²) >= 11 is 0. The standard InChI is InChI=1S/C42H78O2/c1-7-11-15-19-23-27-31-37-38(32-28-24-20-16-12-8-2)40(34-30-26-22-18-14-10-4)42(36(6)44)41(35(5)43)39(37)33-29-25-21-17-13-9-3/h35-36,43-44H,7-34H2,1-6H3. The van der Waals surface area contributed by atoms with Crippen LogP contribution >= 0.6 is 0 Å². The lowest BCUT2D eigenvalue weighted by molar-refractivity contribution is 0.173.